The summed E-state index contributed by atoms with van der Waals surface area (Å²) in [7, 11) is 2.15. The number of fused-ring (bicyclic) bond motifs is 2. The summed E-state index contributed by atoms with van der Waals surface area (Å²) in [6, 6.07) is 6.82. The molecule has 176 valence electrons. The molecular weight excluding hydrogens is 398 g/mol. The Bertz CT molecular complexity index is 908. The number of amides is 1. The van der Waals surface area contributed by atoms with Crippen molar-refractivity contribution in [2.75, 3.05) is 39.8 Å². The Morgan fingerprint density at radius 1 is 1.12 bits per heavy atom. The molecule has 2 aliphatic rings. The van der Waals surface area contributed by atoms with Crippen molar-refractivity contribution in [3.8, 4) is 0 Å². The van der Waals surface area contributed by atoms with Crippen molar-refractivity contribution in [3.05, 3.63) is 41.6 Å². The second-order valence-corrected chi connectivity index (χ2v) is 8.93. The maximum absolute atomic E-state index is 12.9. The van der Waals surface area contributed by atoms with Crippen LogP contribution in [0.1, 0.15) is 50.7 Å². The molecule has 1 aromatic heterocycles. The number of carbonyl (C=O) groups is 1. The number of H-pyrrole nitrogens is 1. The lowest BCUT2D eigenvalue weighted by atomic mass is 9.79. The summed E-state index contributed by atoms with van der Waals surface area (Å²) < 4.78 is 0. The molecule has 5 N–H and O–H groups in total. The average molecular weight is 440 g/mol. The van der Waals surface area contributed by atoms with E-state index < -0.39 is 0 Å². The van der Waals surface area contributed by atoms with E-state index >= 15 is 0 Å². The lowest BCUT2D eigenvalue weighted by Gasteiger charge is -2.40. The van der Waals surface area contributed by atoms with Crippen molar-refractivity contribution >= 4 is 22.4 Å². The third-order valence-corrected chi connectivity index (χ3v) is 6.82. The molecule has 4 rings (SSSR count). The van der Waals surface area contributed by atoms with E-state index in [-0.39, 0.29) is 11.8 Å². The first-order valence-electron chi connectivity index (χ1n) is 12.3. The van der Waals surface area contributed by atoms with Crippen molar-refractivity contribution in [1.29, 1.82) is 0 Å². The number of nitrogens with two attached hydrogens (primary N) is 2. The molecule has 1 aliphatic heterocycles. The number of nitrogens with one attached hydrogen (secondary N) is 1. The van der Waals surface area contributed by atoms with Crippen LogP contribution >= 0.6 is 0 Å². The van der Waals surface area contributed by atoms with Gasteiger partial charge in [-0.2, -0.15) is 0 Å². The number of aromatic nitrogens is 1. The molecule has 6 nitrogen and oxygen atoms in total. The summed E-state index contributed by atoms with van der Waals surface area (Å²) in [5.74, 6) is 0.210. The van der Waals surface area contributed by atoms with Gasteiger partial charge in [0.2, 0.25) is 5.91 Å². The number of unbranched alkanes of at least 4 members (excludes halogenated alkanes) is 3. The van der Waals surface area contributed by atoms with E-state index in [1.807, 2.05) is 4.90 Å². The molecule has 6 heteroatoms. The van der Waals surface area contributed by atoms with Gasteiger partial charge in [0.15, 0.2) is 0 Å². The first-order chi connectivity index (χ1) is 15.5. The van der Waals surface area contributed by atoms with E-state index in [1.54, 1.807) is 0 Å². The Morgan fingerprint density at radius 2 is 1.81 bits per heavy atom. The molecule has 0 radical (unpaired) electrons. The van der Waals surface area contributed by atoms with Crippen LogP contribution in [0.4, 0.5) is 0 Å². The molecule has 0 saturated carbocycles. The van der Waals surface area contributed by atoms with Crippen LogP contribution < -0.4 is 11.5 Å². The van der Waals surface area contributed by atoms with Gasteiger partial charge in [0.25, 0.3) is 0 Å². The summed E-state index contributed by atoms with van der Waals surface area (Å²) in [5.41, 5.74) is 15.8. The van der Waals surface area contributed by atoms with E-state index in [9.17, 15) is 4.79 Å². The molecule has 2 atom stereocenters. The number of hydrogen-bond donors (Lipinski definition) is 3. The smallest absolute Gasteiger partial charge is 0.230 e. The van der Waals surface area contributed by atoms with Crippen molar-refractivity contribution in [2.24, 2.45) is 17.4 Å². The van der Waals surface area contributed by atoms with Crippen LogP contribution in [0.2, 0.25) is 0 Å². The zero-order valence-electron chi connectivity index (χ0n) is 20.1. The van der Waals surface area contributed by atoms with Crippen LogP contribution in [0.5, 0.6) is 0 Å². The highest BCUT2D eigenvalue weighted by Gasteiger charge is 2.36. The van der Waals surface area contributed by atoms with Gasteiger partial charge in [-0.1, -0.05) is 31.1 Å². The lowest BCUT2D eigenvalue weighted by Crippen LogP contribution is -2.47. The predicted molar refractivity (Wildman–Crippen MR) is 134 cm³/mol. The number of aromatic amines is 1. The van der Waals surface area contributed by atoms with Crippen molar-refractivity contribution in [1.82, 2.24) is 14.8 Å². The third-order valence-electron chi connectivity index (χ3n) is 6.82. The number of rotatable bonds is 8. The van der Waals surface area contributed by atoms with Crippen LogP contribution in [-0.4, -0.2) is 66.5 Å². The van der Waals surface area contributed by atoms with Gasteiger partial charge < -0.3 is 21.4 Å². The van der Waals surface area contributed by atoms with Gasteiger partial charge in [0.1, 0.15) is 0 Å². The minimum Gasteiger partial charge on any atom is -0.361 e. The van der Waals surface area contributed by atoms with E-state index in [0.29, 0.717) is 6.04 Å². The minimum absolute atomic E-state index is 0.0445. The maximum atomic E-state index is 12.9. The van der Waals surface area contributed by atoms with Crippen LogP contribution in [0.25, 0.3) is 16.5 Å². The maximum Gasteiger partial charge on any atom is 0.230 e. The van der Waals surface area contributed by atoms with Gasteiger partial charge in [-0.05, 0) is 76.0 Å². The van der Waals surface area contributed by atoms with Crippen LogP contribution in [-0.2, 0) is 11.2 Å². The number of hydrogen-bond acceptors (Lipinski definition) is 4. The van der Waals surface area contributed by atoms with E-state index in [1.165, 1.54) is 40.4 Å². The second kappa shape index (κ2) is 11.6. The van der Waals surface area contributed by atoms with Crippen molar-refractivity contribution < 1.29 is 4.79 Å². The highest BCUT2D eigenvalue weighted by Crippen LogP contribution is 2.40. The largest absolute Gasteiger partial charge is 0.361 e. The van der Waals surface area contributed by atoms with Gasteiger partial charge in [0.05, 0.1) is 5.92 Å². The fourth-order valence-electron chi connectivity index (χ4n) is 5.02. The summed E-state index contributed by atoms with van der Waals surface area (Å²) >= 11 is 0. The minimum atomic E-state index is -0.0445. The molecule has 32 heavy (non-hydrogen) atoms. The van der Waals surface area contributed by atoms with E-state index in [4.69, 9.17) is 11.5 Å². The SMILES string of the molecule is CCN(CC)C(=O)[C@@H]1C=C2c3cccc4[nH]cc(c34)C[C@H]2N(C)C1.NCCCCCCN. The summed E-state index contributed by atoms with van der Waals surface area (Å²) in [5, 5.41) is 1.34. The Labute approximate surface area is 193 Å². The van der Waals surface area contributed by atoms with Crippen LogP contribution in [0, 0.1) is 5.92 Å². The fraction of sp³-hybridized carbons (Fsp3) is 0.577. The fourth-order valence-corrected chi connectivity index (χ4v) is 5.02. The van der Waals surface area contributed by atoms with Crippen molar-refractivity contribution in [2.45, 2.75) is 52.0 Å². The van der Waals surface area contributed by atoms with E-state index in [2.05, 4.69) is 61.3 Å². The number of carbonyl (C=O) groups excluding carboxylic acids is 1. The average Bonchev–Trinajstić information content (AvgIpc) is 3.23. The van der Waals surface area contributed by atoms with Gasteiger partial charge in [-0.15, -0.1) is 0 Å². The monoisotopic (exact) mass is 439 g/mol. The molecule has 1 amide bonds. The molecule has 0 bridgehead atoms. The quantitative estimate of drug-likeness (QED) is 0.550. The normalized spacial score (nSPS) is 19.7. The molecular formula is C26H41N5O. The lowest BCUT2D eigenvalue weighted by molar-refractivity contribution is -0.134. The molecule has 2 aromatic rings. The third kappa shape index (κ3) is 5.25. The molecule has 0 saturated heterocycles. The Hall–Kier alpha value is -2.15. The van der Waals surface area contributed by atoms with Gasteiger partial charge >= 0.3 is 0 Å². The van der Waals surface area contributed by atoms with Gasteiger partial charge in [0, 0.05) is 42.8 Å². The molecule has 1 aliphatic carbocycles. The molecule has 1 aromatic carbocycles. The number of nitrogens with zero attached hydrogens (tertiary/aromatic N) is 2. The second-order valence-electron chi connectivity index (χ2n) is 8.93. The molecule has 0 fully saturated rings. The summed E-state index contributed by atoms with van der Waals surface area (Å²) in [4.78, 5) is 20.6. The summed E-state index contributed by atoms with van der Waals surface area (Å²) in [6.45, 7) is 8.11. The number of likely N-dealkylation sites (N-methyl/N-ethyl adjacent to an activating group) is 1. The van der Waals surface area contributed by atoms with Gasteiger partial charge in [-0.25, -0.2) is 0 Å². The molecule has 2 heterocycles. The first kappa shape index (κ1) is 24.5. The Balaban J connectivity index is 0.000000312. The standard InChI is InChI=1S/C20H25N3O.C6H16N2/c1-4-23(5-2)20(24)14-9-16-15-7-6-8-17-19(15)13(11-21-17)10-18(16)22(3)12-14;7-5-3-1-2-4-6-8/h6-9,11,14,18,21H,4-5,10,12H2,1-3H3;1-8H2/t14-,18-;/m1./s1. The topological polar surface area (TPSA) is 91.4 Å². The van der Waals surface area contributed by atoms with Crippen LogP contribution in [0.3, 0.4) is 0 Å². The zero-order chi connectivity index (χ0) is 23.1. The first-order valence-corrected chi connectivity index (χ1v) is 12.3. The Kier molecular flexibility index (Phi) is 8.91. The van der Waals surface area contributed by atoms with Crippen LogP contribution in [0.15, 0.2) is 30.5 Å². The predicted octanol–water partition coefficient (Wildman–Crippen LogP) is 3.37. The number of benzene rings is 1. The zero-order valence-corrected chi connectivity index (χ0v) is 20.1. The molecule has 0 spiro atoms. The van der Waals surface area contributed by atoms with E-state index in [0.717, 1.165) is 52.0 Å². The summed E-state index contributed by atoms with van der Waals surface area (Å²) in [6.07, 6.45) is 10.2. The highest BCUT2D eigenvalue weighted by molar-refractivity contribution is 5.99. The Morgan fingerprint density at radius 3 is 2.44 bits per heavy atom. The highest BCUT2D eigenvalue weighted by atomic mass is 16.2. The van der Waals surface area contributed by atoms with Crippen molar-refractivity contribution in [3.63, 3.8) is 0 Å². The molecule has 0 unspecified atom stereocenters. The van der Waals surface area contributed by atoms with Gasteiger partial charge in [-0.3, -0.25) is 9.69 Å².